The third-order valence-corrected chi connectivity index (χ3v) is 3.08. The Hall–Kier alpha value is -2.24. The smallest absolute Gasteiger partial charge is 0.419 e. The SMILES string of the molecule is COc1ccc(C(C)Nc2ncccc2C(F)(F)F)cc1. The maximum absolute atomic E-state index is 12.9. The quantitative estimate of drug-likeness (QED) is 0.914. The highest BCUT2D eigenvalue weighted by molar-refractivity contribution is 5.47. The van der Waals surface area contributed by atoms with Gasteiger partial charge < -0.3 is 10.1 Å². The number of pyridine rings is 1. The van der Waals surface area contributed by atoms with Crippen molar-refractivity contribution in [3.63, 3.8) is 0 Å². The number of hydrogen-bond acceptors (Lipinski definition) is 3. The zero-order chi connectivity index (χ0) is 15.5. The van der Waals surface area contributed by atoms with Crippen molar-refractivity contribution < 1.29 is 17.9 Å². The van der Waals surface area contributed by atoms with Crippen molar-refractivity contribution in [1.29, 1.82) is 0 Å². The second-order valence-electron chi connectivity index (χ2n) is 4.54. The lowest BCUT2D eigenvalue weighted by molar-refractivity contribution is -0.137. The van der Waals surface area contributed by atoms with Gasteiger partial charge in [-0.1, -0.05) is 12.1 Å². The van der Waals surface area contributed by atoms with Crippen LogP contribution in [0.25, 0.3) is 0 Å². The molecule has 0 aliphatic rings. The van der Waals surface area contributed by atoms with E-state index < -0.39 is 11.7 Å². The summed E-state index contributed by atoms with van der Waals surface area (Å²) in [5.74, 6) is 0.521. The Balaban J connectivity index is 2.21. The molecule has 2 aromatic rings. The highest BCUT2D eigenvalue weighted by atomic mass is 19.4. The Kier molecular flexibility index (Phi) is 4.35. The number of alkyl halides is 3. The average molecular weight is 296 g/mol. The molecule has 0 saturated carbocycles. The van der Waals surface area contributed by atoms with Crippen LogP contribution in [0.1, 0.15) is 24.1 Å². The molecule has 1 unspecified atom stereocenters. The van der Waals surface area contributed by atoms with Gasteiger partial charge in [-0.15, -0.1) is 0 Å². The van der Waals surface area contributed by atoms with Crippen molar-refractivity contribution in [1.82, 2.24) is 4.98 Å². The van der Waals surface area contributed by atoms with Gasteiger partial charge in [0, 0.05) is 12.2 Å². The molecule has 0 fully saturated rings. The van der Waals surface area contributed by atoms with Crippen LogP contribution in [0.4, 0.5) is 19.0 Å². The van der Waals surface area contributed by atoms with E-state index >= 15 is 0 Å². The Labute approximate surface area is 120 Å². The third kappa shape index (κ3) is 3.65. The maximum Gasteiger partial charge on any atom is 0.419 e. The van der Waals surface area contributed by atoms with Crippen molar-refractivity contribution in [3.8, 4) is 5.75 Å². The lowest BCUT2D eigenvalue weighted by atomic mass is 10.1. The minimum Gasteiger partial charge on any atom is -0.497 e. The lowest BCUT2D eigenvalue weighted by Gasteiger charge is -2.18. The first-order chi connectivity index (χ1) is 9.91. The Morgan fingerprint density at radius 3 is 2.38 bits per heavy atom. The Bertz CT molecular complexity index is 597. The van der Waals surface area contributed by atoms with Crippen LogP contribution in [0.15, 0.2) is 42.6 Å². The normalized spacial score (nSPS) is 12.8. The van der Waals surface area contributed by atoms with Gasteiger partial charge in [-0.3, -0.25) is 0 Å². The molecule has 0 spiro atoms. The molecule has 6 heteroatoms. The minimum atomic E-state index is -4.43. The van der Waals surface area contributed by atoms with Gasteiger partial charge in [-0.2, -0.15) is 13.2 Å². The van der Waals surface area contributed by atoms with E-state index in [9.17, 15) is 13.2 Å². The number of nitrogens with zero attached hydrogens (tertiary/aromatic N) is 1. The molecule has 0 radical (unpaired) electrons. The minimum absolute atomic E-state index is 0.173. The summed E-state index contributed by atoms with van der Waals surface area (Å²) in [5.41, 5.74) is 0.0694. The maximum atomic E-state index is 12.9. The van der Waals surface area contributed by atoms with Gasteiger partial charge in [-0.05, 0) is 36.8 Å². The van der Waals surface area contributed by atoms with Gasteiger partial charge in [0.15, 0.2) is 0 Å². The average Bonchev–Trinajstić information content (AvgIpc) is 2.47. The first kappa shape index (κ1) is 15.2. The fraction of sp³-hybridized carbons (Fsp3) is 0.267. The van der Waals surface area contributed by atoms with Crippen LogP contribution in [-0.4, -0.2) is 12.1 Å². The summed E-state index contributed by atoms with van der Waals surface area (Å²) < 4.78 is 43.8. The number of halogens is 3. The second-order valence-corrected chi connectivity index (χ2v) is 4.54. The van der Waals surface area contributed by atoms with E-state index in [4.69, 9.17) is 4.74 Å². The fourth-order valence-electron chi connectivity index (χ4n) is 1.93. The first-order valence-electron chi connectivity index (χ1n) is 6.34. The molecule has 0 amide bonds. The molecular formula is C15H15F3N2O. The number of benzene rings is 1. The number of rotatable bonds is 4. The summed E-state index contributed by atoms with van der Waals surface area (Å²) in [6.07, 6.45) is -3.10. The van der Waals surface area contributed by atoms with E-state index in [2.05, 4.69) is 10.3 Å². The summed E-state index contributed by atoms with van der Waals surface area (Å²) in [4.78, 5) is 3.79. The van der Waals surface area contributed by atoms with Crippen molar-refractivity contribution in [2.45, 2.75) is 19.1 Å². The predicted octanol–water partition coefficient (Wildman–Crippen LogP) is 4.28. The molecule has 112 valence electrons. The molecule has 0 aliphatic carbocycles. The second kappa shape index (κ2) is 6.03. The van der Waals surface area contributed by atoms with Crippen LogP contribution >= 0.6 is 0 Å². The lowest BCUT2D eigenvalue weighted by Crippen LogP contribution is -2.14. The summed E-state index contributed by atoms with van der Waals surface area (Å²) >= 11 is 0. The molecule has 1 aromatic heterocycles. The van der Waals surface area contributed by atoms with E-state index in [0.717, 1.165) is 11.6 Å². The third-order valence-electron chi connectivity index (χ3n) is 3.08. The molecule has 1 aromatic carbocycles. The van der Waals surface area contributed by atoms with Crippen LogP contribution in [0.3, 0.4) is 0 Å². The molecule has 21 heavy (non-hydrogen) atoms. The summed E-state index contributed by atoms with van der Waals surface area (Å²) in [6.45, 7) is 1.77. The zero-order valence-electron chi connectivity index (χ0n) is 11.6. The standard InChI is InChI=1S/C15H15F3N2O/c1-10(11-5-7-12(21-2)8-6-11)20-14-13(15(16,17)18)4-3-9-19-14/h3-10H,1-2H3,(H,19,20). The summed E-state index contributed by atoms with van der Waals surface area (Å²) in [5, 5.41) is 2.80. The fourth-order valence-corrected chi connectivity index (χ4v) is 1.93. The number of nitrogens with one attached hydrogen (secondary N) is 1. The highest BCUT2D eigenvalue weighted by Gasteiger charge is 2.34. The number of anilines is 1. The van der Waals surface area contributed by atoms with E-state index in [0.29, 0.717) is 5.75 Å². The van der Waals surface area contributed by atoms with Crippen molar-refractivity contribution in [3.05, 3.63) is 53.7 Å². The van der Waals surface area contributed by atoms with Gasteiger partial charge in [0.05, 0.1) is 12.7 Å². The number of methoxy groups -OCH3 is 1. The highest BCUT2D eigenvalue weighted by Crippen LogP contribution is 2.34. The zero-order valence-corrected chi connectivity index (χ0v) is 11.6. The Morgan fingerprint density at radius 1 is 1.14 bits per heavy atom. The van der Waals surface area contributed by atoms with Crippen LogP contribution < -0.4 is 10.1 Å². The molecule has 1 heterocycles. The van der Waals surface area contributed by atoms with Crippen LogP contribution in [0, 0.1) is 0 Å². The number of ether oxygens (including phenoxy) is 1. The van der Waals surface area contributed by atoms with Crippen molar-refractivity contribution >= 4 is 5.82 Å². The molecule has 1 atom stereocenters. The van der Waals surface area contributed by atoms with E-state index in [1.54, 1.807) is 38.3 Å². The molecule has 0 bridgehead atoms. The monoisotopic (exact) mass is 296 g/mol. The van der Waals surface area contributed by atoms with Crippen LogP contribution in [0.5, 0.6) is 5.75 Å². The molecule has 1 N–H and O–H groups in total. The van der Waals surface area contributed by atoms with Crippen molar-refractivity contribution in [2.24, 2.45) is 0 Å². The van der Waals surface area contributed by atoms with E-state index in [1.807, 2.05) is 0 Å². The molecule has 0 saturated heterocycles. The molecule has 3 nitrogen and oxygen atoms in total. The number of hydrogen-bond donors (Lipinski definition) is 1. The van der Waals surface area contributed by atoms with E-state index in [-0.39, 0.29) is 11.9 Å². The van der Waals surface area contributed by atoms with Gasteiger partial charge in [0.2, 0.25) is 0 Å². The molecule has 0 aliphatic heterocycles. The molecule has 2 rings (SSSR count). The summed E-state index contributed by atoms with van der Waals surface area (Å²) in [6, 6.07) is 9.08. The number of aromatic nitrogens is 1. The topological polar surface area (TPSA) is 34.1 Å². The van der Waals surface area contributed by atoms with Gasteiger partial charge >= 0.3 is 6.18 Å². The largest absolute Gasteiger partial charge is 0.497 e. The van der Waals surface area contributed by atoms with E-state index in [1.165, 1.54) is 12.3 Å². The summed E-state index contributed by atoms with van der Waals surface area (Å²) in [7, 11) is 1.56. The van der Waals surface area contributed by atoms with Crippen LogP contribution in [-0.2, 0) is 6.18 Å². The Morgan fingerprint density at radius 2 is 1.81 bits per heavy atom. The predicted molar refractivity (Wildman–Crippen MR) is 74.3 cm³/mol. The van der Waals surface area contributed by atoms with Gasteiger partial charge in [-0.25, -0.2) is 4.98 Å². The van der Waals surface area contributed by atoms with Gasteiger partial charge in [0.1, 0.15) is 11.6 Å². The molecular weight excluding hydrogens is 281 g/mol. The van der Waals surface area contributed by atoms with Crippen LogP contribution in [0.2, 0.25) is 0 Å². The van der Waals surface area contributed by atoms with Crippen molar-refractivity contribution in [2.75, 3.05) is 12.4 Å². The van der Waals surface area contributed by atoms with Gasteiger partial charge in [0.25, 0.3) is 0 Å². The first-order valence-corrected chi connectivity index (χ1v) is 6.34.